The molecule has 164 valence electrons. The molecule has 0 aliphatic heterocycles. The lowest BCUT2D eigenvalue weighted by Crippen LogP contribution is -2.34. The van der Waals surface area contributed by atoms with Gasteiger partial charge in [0.25, 0.3) is 5.91 Å². The van der Waals surface area contributed by atoms with Crippen molar-refractivity contribution >= 4 is 52.1 Å². The molecule has 0 heterocycles. The molecule has 0 saturated carbocycles. The topological polar surface area (TPSA) is 79.5 Å². The van der Waals surface area contributed by atoms with E-state index < -0.39 is 0 Å². The minimum atomic E-state index is -0.290. The van der Waals surface area contributed by atoms with Crippen LogP contribution in [-0.4, -0.2) is 23.5 Å². The van der Waals surface area contributed by atoms with Gasteiger partial charge in [-0.3, -0.25) is 9.59 Å². The fraction of sp³-hybridized carbons (Fsp3) is 0.125. The van der Waals surface area contributed by atoms with E-state index in [0.717, 1.165) is 5.56 Å². The van der Waals surface area contributed by atoms with Crippen molar-refractivity contribution in [2.24, 2.45) is 0 Å². The maximum atomic E-state index is 12.2. The molecule has 3 rings (SSSR count). The summed E-state index contributed by atoms with van der Waals surface area (Å²) in [6, 6.07) is 23.5. The minimum Gasteiger partial charge on any atom is -0.484 e. The van der Waals surface area contributed by atoms with Crippen molar-refractivity contribution in [1.29, 1.82) is 0 Å². The average molecular weight is 468 g/mol. The molecule has 0 aliphatic rings. The SMILES string of the molecule is O=C(CCc1ccccc1Cl)NC(=S)Nc1cccc(NC(=O)COc2ccccc2)c1. The zero-order valence-corrected chi connectivity index (χ0v) is 18.7. The van der Waals surface area contributed by atoms with Crippen LogP contribution < -0.4 is 20.7 Å². The molecule has 0 aliphatic carbocycles. The number of rotatable bonds is 8. The van der Waals surface area contributed by atoms with E-state index in [1.54, 1.807) is 42.5 Å². The lowest BCUT2D eigenvalue weighted by atomic mass is 10.1. The molecular formula is C24H22ClN3O3S. The Morgan fingerprint density at radius 2 is 1.53 bits per heavy atom. The highest BCUT2D eigenvalue weighted by Gasteiger charge is 2.08. The summed E-state index contributed by atoms with van der Waals surface area (Å²) < 4.78 is 5.44. The first kappa shape index (κ1) is 23.2. The molecule has 0 radical (unpaired) electrons. The average Bonchev–Trinajstić information content (AvgIpc) is 2.78. The molecule has 6 nitrogen and oxygen atoms in total. The fourth-order valence-corrected chi connectivity index (χ4v) is 3.30. The number of anilines is 2. The lowest BCUT2D eigenvalue weighted by Gasteiger charge is -2.12. The van der Waals surface area contributed by atoms with Crippen LogP contribution in [0.5, 0.6) is 5.75 Å². The van der Waals surface area contributed by atoms with Crippen LogP contribution in [-0.2, 0) is 16.0 Å². The third-order valence-electron chi connectivity index (χ3n) is 4.35. The van der Waals surface area contributed by atoms with E-state index >= 15 is 0 Å². The van der Waals surface area contributed by atoms with E-state index in [1.165, 1.54) is 0 Å². The molecule has 3 N–H and O–H groups in total. The number of hydrogen-bond donors (Lipinski definition) is 3. The number of carbonyl (C=O) groups is 2. The summed E-state index contributed by atoms with van der Waals surface area (Å²) in [5, 5.41) is 9.16. The molecule has 0 saturated heterocycles. The maximum Gasteiger partial charge on any atom is 0.262 e. The predicted octanol–water partition coefficient (Wildman–Crippen LogP) is 4.80. The molecule has 0 bridgehead atoms. The molecule has 32 heavy (non-hydrogen) atoms. The van der Waals surface area contributed by atoms with Gasteiger partial charge in [0.05, 0.1) is 0 Å². The Morgan fingerprint density at radius 3 is 2.28 bits per heavy atom. The second-order valence-electron chi connectivity index (χ2n) is 6.82. The first-order valence-electron chi connectivity index (χ1n) is 9.91. The fourth-order valence-electron chi connectivity index (χ4n) is 2.84. The summed E-state index contributed by atoms with van der Waals surface area (Å²) in [6.45, 7) is -0.110. The Hall–Kier alpha value is -3.42. The van der Waals surface area contributed by atoms with E-state index in [9.17, 15) is 9.59 Å². The molecule has 0 aromatic heterocycles. The molecule has 0 unspecified atom stereocenters. The number of hydrogen-bond acceptors (Lipinski definition) is 4. The van der Waals surface area contributed by atoms with E-state index in [0.29, 0.717) is 28.6 Å². The molecule has 0 spiro atoms. The number of thiocarbonyl (C=S) groups is 1. The number of aryl methyl sites for hydroxylation is 1. The summed E-state index contributed by atoms with van der Waals surface area (Å²) in [5.41, 5.74) is 2.11. The highest BCUT2D eigenvalue weighted by molar-refractivity contribution is 7.80. The Bertz CT molecular complexity index is 1090. The zero-order chi connectivity index (χ0) is 22.8. The van der Waals surface area contributed by atoms with Crippen molar-refractivity contribution in [3.63, 3.8) is 0 Å². The van der Waals surface area contributed by atoms with Gasteiger partial charge in [-0.25, -0.2) is 0 Å². The van der Waals surface area contributed by atoms with Gasteiger partial charge in [0.2, 0.25) is 5.91 Å². The molecular weight excluding hydrogens is 446 g/mol. The Morgan fingerprint density at radius 1 is 0.844 bits per heavy atom. The van der Waals surface area contributed by atoms with Gasteiger partial charge in [0.15, 0.2) is 11.7 Å². The summed E-state index contributed by atoms with van der Waals surface area (Å²) in [4.78, 5) is 24.3. The van der Waals surface area contributed by atoms with Crippen molar-refractivity contribution < 1.29 is 14.3 Å². The van der Waals surface area contributed by atoms with Gasteiger partial charge in [-0.2, -0.15) is 0 Å². The van der Waals surface area contributed by atoms with Gasteiger partial charge in [-0.05, 0) is 60.6 Å². The van der Waals surface area contributed by atoms with Crippen LogP contribution in [0.2, 0.25) is 5.02 Å². The number of amides is 2. The number of halogens is 1. The molecule has 2 amide bonds. The van der Waals surface area contributed by atoms with Crippen molar-refractivity contribution in [3.05, 3.63) is 89.4 Å². The van der Waals surface area contributed by atoms with E-state index in [2.05, 4.69) is 16.0 Å². The van der Waals surface area contributed by atoms with Gasteiger partial charge in [-0.15, -0.1) is 0 Å². The van der Waals surface area contributed by atoms with Crippen molar-refractivity contribution in [2.75, 3.05) is 17.2 Å². The molecule has 0 fully saturated rings. The Balaban J connectivity index is 1.45. The van der Waals surface area contributed by atoms with Crippen molar-refractivity contribution in [1.82, 2.24) is 5.32 Å². The van der Waals surface area contributed by atoms with Crippen LogP contribution in [0.4, 0.5) is 11.4 Å². The largest absolute Gasteiger partial charge is 0.484 e. The quantitative estimate of drug-likeness (QED) is 0.414. The predicted molar refractivity (Wildman–Crippen MR) is 131 cm³/mol. The third kappa shape index (κ3) is 7.68. The summed E-state index contributed by atoms with van der Waals surface area (Å²) in [7, 11) is 0. The van der Waals surface area contributed by atoms with Crippen LogP contribution in [0.3, 0.4) is 0 Å². The van der Waals surface area contributed by atoms with Crippen molar-refractivity contribution in [2.45, 2.75) is 12.8 Å². The molecule has 8 heteroatoms. The number of para-hydroxylation sites is 1. The van der Waals surface area contributed by atoms with Gasteiger partial charge < -0.3 is 20.7 Å². The van der Waals surface area contributed by atoms with Crippen LogP contribution in [0.25, 0.3) is 0 Å². The van der Waals surface area contributed by atoms with Crippen LogP contribution in [0.15, 0.2) is 78.9 Å². The zero-order valence-electron chi connectivity index (χ0n) is 17.1. The first-order valence-corrected chi connectivity index (χ1v) is 10.7. The molecule has 3 aromatic rings. The van der Waals surface area contributed by atoms with E-state index in [4.69, 9.17) is 28.6 Å². The second kappa shape index (κ2) is 11.8. The smallest absolute Gasteiger partial charge is 0.262 e. The van der Waals surface area contributed by atoms with Gasteiger partial charge in [-0.1, -0.05) is 54.1 Å². The third-order valence-corrected chi connectivity index (χ3v) is 4.92. The number of nitrogens with one attached hydrogen (secondary N) is 3. The number of ether oxygens (including phenoxy) is 1. The summed E-state index contributed by atoms with van der Waals surface area (Å²) in [5.74, 6) is 0.111. The van der Waals surface area contributed by atoms with Gasteiger partial charge in [0.1, 0.15) is 5.75 Å². The standard InChI is InChI=1S/C24H22ClN3O3S/c25-21-12-5-4-7-17(21)13-14-22(29)28-24(32)27-19-9-6-8-18(15-19)26-23(30)16-31-20-10-2-1-3-11-20/h1-12,15H,13-14,16H2,(H,26,30)(H2,27,28,29,32). The normalized spacial score (nSPS) is 10.2. The highest BCUT2D eigenvalue weighted by atomic mass is 35.5. The van der Waals surface area contributed by atoms with E-state index in [-0.39, 0.29) is 30.0 Å². The molecule has 0 atom stereocenters. The Labute approximate surface area is 196 Å². The summed E-state index contributed by atoms with van der Waals surface area (Å²) in [6.07, 6.45) is 0.768. The van der Waals surface area contributed by atoms with Gasteiger partial charge >= 0.3 is 0 Å². The van der Waals surface area contributed by atoms with Crippen LogP contribution in [0.1, 0.15) is 12.0 Å². The Kier molecular flexibility index (Phi) is 8.60. The lowest BCUT2D eigenvalue weighted by molar-refractivity contribution is -0.119. The monoisotopic (exact) mass is 467 g/mol. The van der Waals surface area contributed by atoms with Crippen molar-refractivity contribution in [3.8, 4) is 5.75 Å². The minimum absolute atomic E-state index is 0.110. The van der Waals surface area contributed by atoms with Gasteiger partial charge in [0, 0.05) is 22.8 Å². The second-order valence-corrected chi connectivity index (χ2v) is 7.64. The number of benzene rings is 3. The first-order chi connectivity index (χ1) is 15.5. The summed E-state index contributed by atoms with van der Waals surface area (Å²) >= 11 is 11.3. The van der Waals surface area contributed by atoms with E-state index in [1.807, 2.05) is 36.4 Å². The maximum absolute atomic E-state index is 12.2. The number of carbonyl (C=O) groups excluding carboxylic acids is 2. The van der Waals surface area contributed by atoms with Crippen LogP contribution >= 0.6 is 23.8 Å². The van der Waals surface area contributed by atoms with Crippen LogP contribution in [0, 0.1) is 0 Å². The highest BCUT2D eigenvalue weighted by Crippen LogP contribution is 2.17. The molecule has 3 aromatic carbocycles.